The molecule has 9 aromatic rings. The average Bonchev–Trinajstić information content (AvgIpc) is 3.88. The van der Waals surface area contributed by atoms with Crippen molar-refractivity contribution < 1.29 is 0 Å². The Bertz CT molecular complexity index is 3390. The van der Waals surface area contributed by atoms with Crippen LogP contribution in [-0.4, -0.2) is 0 Å². The normalized spacial score (nSPS) is 18.6. The third-order valence-electron chi connectivity index (χ3n) is 15.8. The Morgan fingerprint density at radius 3 is 1.64 bits per heavy atom. The molecule has 4 aliphatic carbocycles. The lowest BCUT2D eigenvalue weighted by molar-refractivity contribution is 0.245. The molecule has 0 amide bonds. The molecule has 1 nitrogen and oxygen atoms in total. The van der Waals surface area contributed by atoms with Gasteiger partial charge in [-0.25, -0.2) is 0 Å². The SMILES string of the molecule is CC1(C)c2cccc(-c3ccccc3N(c3ccc(-c4ccc5ccccc5c4)cc3)c3ccc4c(c3)C3(c5ccccc5-c5ccccc53)c3ccccc3-4)c2C2C=CC=CC21C. The number of anilines is 3. The van der Waals surface area contributed by atoms with Gasteiger partial charge >= 0.3 is 0 Å². The zero-order chi connectivity index (χ0) is 42.8. The van der Waals surface area contributed by atoms with Gasteiger partial charge < -0.3 is 4.90 Å². The van der Waals surface area contributed by atoms with Gasteiger partial charge in [0.2, 0.25) is 0 Å². The van der Waals surface area contributed by atoms with Crippen molar-refractivity contribution >= 4 is 27.8 Å². The number of hydrogen-bond acceptors (Lipinski definition) is 1. The quantitative estimate of drug-likeness (QED) is 0.167. The van der Waals surface area contributed by atoms with Gasteiger partial charge in [0.05, 0.1) is 11.1 Å². The number of rotatable bonds is 5. The Hall–Kier alpha value is -7.48. The molecule has 0 bridgehead atoms. The summed E-state index contributed by atoms with van der Waals surface area (Å²) in [6, 6.07) is 75.4. The van der Waals surface area contributed by atoms with Crippen LogP contribution in [0, 0.1) is 5.41 Å². The minimum Gasteiger partial charge on any atom is -0.310 e. The summed E-state index contributed by atoms with van der Waals surface area (Å²) in [5.41, 5.74) is 21.3. The third kappa shape index (κ3) is 4.90. The lowest BCUT2D eigenvalue weighted by Crippen LogP contribution is -2.36. The zero-order valence-electron chi connectivity index (χ0n) is 36.4. The van der Waals surface area contributed by atoms with Crippen molar-refractivity contribution in [2.24, 2.45) is 5.41 Å². The number of hydrogen-bond donors (Lipinski definition) is 0. The van der Waals surface area contributed by atoms with E-state index in [0.717, 1.165) is 17.1 Å². The molecular weight excluding hydrogens is 771 g/mol. The van der Waals surface area contributed by atoms with Crippen LogP contribution in [-0.2, 0) is 10.8 Å². The van der Waals surface area contributed by atoms with E-state index in [1.165, 1.54) is 88.7 Å². The van der Waals surface area contributed by atoms with Gasteiger partial charge in [0.25, 0.3) is 0 Å². The highest BCUT2D eigenvalue weighted by Gasteiger charge is 2.55. The summed E-state index contributed by atoms with van der Waals surface area (Å²) < 4.78 is 0. The highest BCUT2D eigenvalue weighted by atomic mass is 15.1. The molecule has 2 unspecified atom stereocenters. The summed E-state index contributed by atoms with van der Waals surface area (Å²) >= 11 is 0. The van der Waals surface area contributed by atoms with E-state index in [9.17, 15) is 0 Å². The highest BCUT2D eigenvalue weighted by molar-refractivity contribution is 5.98. The van der Waals surface area contributed by atoms with Gasteiger partial charge in [-0.3, -0.25) is 0 Å². The van der Waals surface area contributed by atoms with Crippen LogP contribution in [0.4, 0.5) is 17.1 Å². The van der Waals surface area contributed by atoms with Crippen LogP contribution in [0.25, 0.3) is 55.3 Å². The molecule has 0 aliphatic heterocycles. The summed E-state index contributed by atoms with van der Waals surface area (Å²) in [5, 5.41) is 2.51. The van der Waals surface area contributed by atoms with Crippen molar-refractivity contribution in [3.05, 3.63) is 258 Å². The predicted molar refractivity (Wildman–Crippen MR) is 268 cm³/mol. The van der Waals surface area contributed by atoms with Crippen molar-refractivity contribution in [2.45, 2.75) is 37.5 Å². The van der Waals surface area contributed by atoms with Crippen LogP contribution < -0.4 is 4.90 Å². The van der Waals surface area contributed by atoms with Crippen LogP contribution in [0.1, 0.15) is 60.1 Å². The van der Waals surface area contributed by atoms with Crippen molar-refractivity contribution in [1.82, 2.24) is 0 Å². The molecule has 0 aromatic heterocycles. The minimum atomic E-state index is -0.447. The summed E-state index contributed by atoms with van der Waals surface area (Å²) in [4.78, 5) is 2.53. The molecule has 0 saturated heterocycles. The minimum absolute atomic E-state index is 0.0371. The maximum atomic E-state index is 2.53. The van der Waals surface area contributed by atoms with E-state index in [4.69, 9.17) is 0 Å². The smallest absolute Gasteiger partial charge is 0.0726 e. The Labute approximate surface area is 376 Å². The maximum Gasteiger partial charge on any atom is 0.0726 e. The van der Waals surface area contributed by atoms with Crippen LogP contribution in [0.2, 0.25) is 0 Å². The highest BCUT2D eigenvalue weighted by Crippen LogP contribution is 2.65. The van der Waals surface area contributed by atoms with Crippen molar-refractivity contribution in [3.63, 3.8) is 0 Å². The van der Waals surface area contributed by atoms with E-state index in [2.05, 4.69) is 250 Å². The summed E-state index contributed by atoms with van der Waals surface area (Å²) in [6.07, 6.45) is 9.40. The third-order valence-corrected chi connectivity index (χ3v) is 15.8. The number of allylic oxidation sites excluding steroid dienone is 4. The van der Waals surface area contributed by atoms with Crippen LogP contribution in [0.3, 0.4) is 0 Å². The Morgan fingerprint density at radius 1 is 0.391 bits per heavy atom. The topological polar surface area (TPSA) is 3.24 Å². The van der Waals surface area contributed by atoms with E-state index < -0.39 is 5.41 Å². The van der Waals surface area contributed by atoms with E-state index in [1.807, 2.05) is 0 Å². The molecule has 304 valence electrons. The first kappa shape index (κ1) is 37.1. The van der Waals surface area contributed by atoms with E-state index in [-0.39, 0.29) is 16.7 Å². The van der Waals surface area contributed by atoms with E-state index in [1.54, 1.807) is 0 Å². The predicted octanol–water partition coefficient (Wildman–Crippen LogP) is 16.5. The molecule has 0 fully saturated rings. The van der Waals surface area contributed by atoms with Crippen molar-refractivity contribution in [2.75, 3.05) is 4.90 Å². The first-order chi connectivity index (χ1) is 31.4. The lowest BCUT2D eigenvalue weighted by atomic mass is 9.62. The Balaban J connectivity index is 1.05. The molecule has 4 aliphatic rings. The number of fused-ring (bicyclic) bond motifs is 14. The Morgan fingerprint density at radius 2 is 0.938 bits per heavy atom. The maximum absolute atomic E-state index is 2.53. The largest absolute Gasteiger partial charge is 0.310 e. The standard InChI is InChI=1S/C63H47N/c1-61(2)56-28-16-23-52(60(56)57-27-14-15-38-62(57,61)3)51-22-9-13-29-59(51)64(45-34-32-42(33-35-45)44-31-30-41-17-4-5-18-43(41)39-44)46-36-37-50-49-21-8-12-26-55(49)63(58(50)40-46)53-24-10-6-19-47(53)48-20-7-11-25-54(48)63/h4-40,57H,1-3H3. The van der Waals surface area contributed by atoms with Gasteiger partial charge in [-0.15, -0.1) is 0 Å². The van der Waals surface area contributed by atoms with Crippen LogP contribution in [0.15, 0.2) is 224 Å². The van der Waals surface area contributed by atoms with Gasteiger partial charge in [0, 0.05) is 28.3 Å². The molecule has 64 heavy (non-hydrogen) atoms. The molecule has 1 heteroatoms. The molecule has 0 saturated carbocycles. The zero-order valence-corrected chi connectivity index (χ0v) is 36.4. The Kier molecular flexibility index (Phi) is 7.83. The summed E-state index contributed by atoms with van der Waals surface area (Å²) in [7, 11) is 0. The molecular formula is C63H47N. The van der Waals surface area contributed by atoms with E-state index in [0.29, 0.717) is 0 Å². The second-order valence-corrected chi connectivity index (χ2v) is 19.0. The second kappa shape index (κ2) is 13.5. The number of benzene rings is 9. The molecule has 0 heterocycles. The molecule has 0 N–H and O–H groups in total. The molecule has 0 radical (unpaired) electrons. The summed E-state index contributed by atoms with van der Waals surface area (Å²) in [6.45, 7) is 7.33. The first-order valence-corrected chi connectivity index (χ1v) is 22.8. The summed E-state index contributed by atoms with van der Waals surface area (Å²) in [5.74, 6) is 0.266. The van der Waals surface area contributed by atoms with Crippen LogP contribution >= 0.6 is 0 Å². The molecule has 13 rings (SSSR count). The van der Waals surface area contributed by atoms with Crippen molar-refractivity contribution in [3.8, 4) is 44.5 Å². The second-order valence-electron chi connectivity index (χ2n) is 19.0. The van der Waals surface area contributed by atoms with E-state index >= 15 is 0 Å². The fraction of sp³-hybridized carbons (Fsp3) is 0.111. The number of para-hydroxylation sites is 1. The molecule has 1 spiro atoms. The monoisotopic (exact) mass is 817 g/mol. The fourth-order valence-electron chi connectivity index (χ4n) is 12.4. The van der Waals surface area contributed by atoms with Gasteiger partial charge in [-0.05, 0) is 125 Å². The lowest BCUT2D eigenvalue weighted by Gasteiger charge is -2.41. The van der Waals surface area contributed by atoms with Crippen LogP contribution in [0.5, 0.6) is 0 Å². The first-order valence-electron chi connectivity index (χ1n) is 22.8. The van der Waals surface area contributed by atoms with Gasteiger partial charge in [0.15, 0.2) is 0 Å². The van der Waals surface area contributed by atoms with Crippen molar-refractivity contribution in [1.29, 1.82) is 0 Å². The number of nitrogens with zero attached hydrogens (tertiary/aromatic N) is 1. The molecule has 9 aromatic carbocycles. The fourth-order valence-corrected chi connectivity index (χ4v) is 12.4. The molecule has 2 atom stereocenters. The van der Waals surface area contributed by atoms with Gasteiger partial charge in [-0.1, -0.05) is 209 Å². The average molecular weight is 818 g/mol. The van der Waals surface area contributed by atoms with Gasteiger partial charge in [0.1, 0.15) is 0 Å². The van der Waals surface area contributed by atoms with Gasteiger partial charge in [-0.2, -0.15) is 0 Å².